The summed E-state index contributed by atoms with van der Waals surface area (Å²) in [5.41, 5.74) is 0.772. The second-order valence-corrected chi connectivity index (χ2v) is 4.26. The third-order valence-electron chi connectivity index (χ3n) is 2.78. The molecule has 0 bridgehead atoms. The van der Waals surface area contributed by atoms with Crippen molar-refractivity contribution in [1.29, 1.82) is 0 Å². The Morgan fingerprint density at radius 1 is 1.18 bits per heavy atom. The molecule has 0 aliphatic rings. The number of hydrogen-bond donors (Lipinski definition) is 1. The van der Waals surface area contributed by atoms with Crippen LogP contribution in [0.1, 0.15) is 5.56 Å². The Bertz CT molecular complexity index is 584. The van der Waals surface area contributed by atoms with E-state index in [2.05, 4.69) is 5.32 Å². The molecular formula is C15H17N3O4. The Hall–Kier alpha value is -2.96. The molecule has 0 fully saturated rings. The van der Waals surface area contributed by atoms with Crippen molar-refractivity contribution in [1.82, 2.24) is 15.1 Å². The lowest BCUT2D eigenvalue weighted by Crippen LogP contribution is -2.49. The Balaban J connectivity index is 2.88. The number of nitrogens with one attached hydrogen (secondary N) is 1. The van der Waals surface area contributed by atoms with Crippen LogP contribution in [0.5, 0.6) is 0 Å². The predicted octanol–water partition coefficient (Wildman–Crippen LogP) is 1.12. The fourth-order valence-electron chi connectivity index (χ4n) is 1.59. The van der Waals surface area contributed by atoms with Gasteiger partial charge >= 0.3 is 12.1 Å². The van der Waals surface area contributed by atoms with Gasteiger partial charge in [-0.05, 0) is 11.6 Å². The van der Waals surface area contributed by atoms with E-state index >= 15 is 0 Å². The van der Waals surface area contributed by atoms with Crippen molar-refractivity contribution in [2.24, 2.45) is 0 Å². The van der Waals surface area contributed by atoms with Gasteiger partial charge in [0.15, 0.2) is 0 Å². The molecule has 7 heteroatoms. The Morgan fingerprint density at radius 2 is 1.82 bits per heavy atom. The van der Waals surface area contributed by atoms with Crippen molar-refractivity contribution in [3.8, 4) is 0 Å². The van der Waals surface area contributed by atoms with E-state index < -0.39 is 24.5 Å². The van der Waals surface area contributed by atoms with E-state index in [-0.39, 0.29) is 0 Å². The van der Waals surface area contributed by atoms with E-state index in [4.69, 9.17) is 0 Å². The highest BCUT2D eigenvalue weighted by atomic mass is 16.2. The third kappa shape index (κ3) is 4.55. The summed E-state index contributed by atoms with van der Waals surface area (Å²) in [6.07, 6.45) is 3.12. The summed E-state index contributed by atoms with van der Waals surface area (Å²) in [7, 11) is 2.57. The SMILES string of the molecule is CNC(=O)N(C)C(=O)N(CC=O)C(=O)C=Cc1ccccc1. The van der Waals surface area contributed by atoms with Crippen LogP contribution >= 0.6 is 0 Å². The highest BCUT2D eigenvalue weighted by molar-refractivity contribution is 6.07. The number of nitrogens with zero attached hydrogens (tertiary/aromatic N) is 2. The monoisotopic (exact) mass is 303 g/mol. The Labute approximate surface area is 128 Å². The molecule has 0 aliphatic carbocycles. The van der Waals surface area contributed by atoms with Crippen LogP contribution in [0.3, 0.4) is 0 Å². The fourth-order valence-corrected chi connectivity index (χ4v) is 1.59. The Morgan fingerprint density at radius 3 is 2.36 bits per heavy atom. The first-order chi connectivity index (χ1) is 10.5. The van der Waals surface area contributed by atoms with Crippen molar-refractivity contribution in [2.45, 2.75) is 0 Å². The summed E-state index contributed by atoms with van der Waals surface area (Å²) in [4.78, 5) is 47.6. The average Bonchev–Trinajstić information content (AvgIpc) is 2.56. The predicted molar refractivity (Wildman–Crippen MR) is 80.9 cm³/mol. The number of benzene rings is 1. The molecule has 1 rings (SSSR count). The van der Waals surface area contributed by atoms with Crippen LogP contribution in [0, 0.1) is 0 Å². The zero-order chi connectivity index (χ0) is 16.5. The first-order valence-corrected chi connectivity index (χ1v) is 6.49. The van der Waals surface area contributed by atoms with E-state index in [1.54, 1.807) is 24.3 Å². The molecular weight excluding hydrogens is 286 g/mol. The number of imide groups is 2. The molecule has 0 radical (unpaired) electrons. The zero-order valence-electron chi connectivity index (χ0n) is 12.4. The first kappa shape index (κ1) is 17.1. The Kier molecular flexibility index (Phi) is 6.49. The summed E-state index contributed by atoms with van der Waals surface area (Å²) < 4.78 is 0. The largest absolute Gasteiger partial charge is 0.341 e. The van der Waals surface area contributed by atoms with Gasteiger partial charge in [-0.25, -0.2) is 14.5 Å². The van der Waals surface area contributed by atoms with Gasteiger partial charge in [-0.1, -0.05) is 30.3 Å². The van der Waals surface area contributed by atoms with Gasteiger partial charge in [-0.2, -0.15) is 0 Å². The van der Waals surface area contributed by atoms with E-state index in [1.807, 2.05) is 6.07 Å². The number of carbonyl (C=O) groups is 4. The highest BCUT2D eigenvalue weighted by Crippen LogP contribution is 2.04. The molecule has 0 saturated carbocycles. The number of hydrogen-bond acceptors (Lipinski definition) is 4. The molecule has 1 aromatic carbocycles. The van der Waals surface area contributed by atoms with Crippen LogP contribution in [-0.2, 0) is 9.59 Å². The minimum Gasteiger partial charge on any atom is -0.341 e. The quantitative estimate of drug-likeness (QED) is 0.667. The minimum atomic E-state index is -0.880. The molecule has 5 amide bonds. The molecule has 0 atom stereocenters. The molecule has 0 aromatic heterocycles. The summed E-state index contributed by atoms with van der Waals surface area (Å²) in [6.45, 7) is -0.432. The third-order valence-corrected chi connectivity index (χ3v) is 2.78. The van der Waals surface area contributed by atoms with Gasteiger partial charge < -0.3 is 10.1 Å². The molecule has 0 saturated heterocycles. The van der Waals surface area contributed by atoms with Crippen LogP contribution < -0.4 is 5.32 Å². The number of rotatable bonds is 4. The molecule has 0 heterocycles. The molecule has 7 nitrogen and oxygen atoms in total. The molecule has 0 spiro atoms. The lowest BCUT2D eigenvalue weighted by atomic mass is 10.2. The molecule has 0 unspecified atom stereocenters. The lowest BCUT2D eigenvalue weighted by molar-refractivity contribution is -0.125. The van der Waals surface area contributed by atoms with E-state index in [0.29, 0.717) is 11.2 Å². The molecule has 1 N–H and O–H groups in total. The van der Waals surface area contributed by atoms with Gasteiger partial charge in [-0.3, -0.25) is 9.69 Å². The van der Waals surface area contributed by atoms with E-state index in [1.165, 1.54) is 26.2 Å². The van der Waals surface area contributed by atoms with Crippen molar-refractivity contribution in [2.75, 3.05) is 20.6 Å². The molecule has 0 aliphatic heterocycles. The number of amides is 5. The van der Waals surface area contributed by atoms with Crippen molar-refractivity contribution < 1.29 is 19.2 Å². The van der Waals surface area contributed by atoms with Gasteiger partial charge in [0.1, 0.15) is 6.29 Å². The lowest BCUT2D eigenvalue weighted by Gasteiger charge is -2.22. The summed E-state index contributed by atoms with van der Waals surface area (Å²) in [5, 5.41) is 2.26. The molecule has 22 heavy (non-hydrogen) atoms. The second kappa shape index (κ2) is 8.35. The smallest absolute Gasteiger partial charge is 0.335 e. The van der Waals surface area contributed by atoms with Gasteiger partial charge in [0, 0.05) is 20.2 Å². The van der Waals surface area contributed by atoms with E-state index in [9.17, 15) is 19.2 Å². The normalized spacial score (nSPS) is 10.1. The maximum Gasteiger partial charge on any atom is 0.335 e. The van der Waals surface area contributed by atoms with Crippen LogP contribution in [-0.4, -0.2) is 54.7 Å². The summed E-state index contributed by atoms with van der Waals surface area (Å²) >= 11 is 0. The maximum atomic E-state index is 12.1. The van der Waals surface area contributed by atoms with Crippen LogP contribution in [0.25, 0.3) is 6.08 Å². The molecule has 116 valence electrons. The van der Waals surface area contributed by atoms with Gasteiger partial charge in [0.05, 0.1) is 6.54 Å². The van der Waals surface area contributed by atoms with Gasteiger partial charge in [-0.15, -0.1) is 0 Å². The van der Waals surface area contributed by atoms with Gasteiger partial charge in [0.25, 0.3) is 5.91 Å². The number of urea groups is 2. The van der Waals surface area contributed by atoms with Gasteiger partial charge in [0.2, 0.25) is 0 Å². The van der Waals surface area contributed by atoms with Crippen LogP contribution in [0.15, 0.2) is 36.4 Å². The standard InChI is InChI=1S/C15H17N3O4/c1-16-14(21)17(2)15(22)18(10-11-19)13(20)9-8-12-6-4-3-5-7-12/h3-9,11H,10H2,1-2H3,(H,16,21). The number of carbonyl (C=O) groups excluding carboxylic acids is 4. The first-order valence-electron chi connectivity index (χ1n) is 6.49. The van der Waals surface area contributed by atoms with Crippen LogP contribution in [0.4, 0.5) is 9.59 Å². The average molecular weight is 303 g/mol. The fraction of sp³-hybridized carbons (Fsp3) is 0.200. The van der Waals surface area contributed by atoms with Crippen molar-refractivity contribution in [3.63, 3.8) is 0 Å². The maximum absolute atomic E-state index is 12.1. The zero-order valence-corrected chi connectivity index (χ0v) is 12.4. The van der Waals surface area contributed by atoms with E-state index in [0.717, 1.165) is 10.5 Å². The van der Waals surface area contributed by atoms with Crippen LogP contribution in [0.2, 0.25) is 0 Å². The topological polar surface area (TPSA) is 86.8 Å². The second-order valence-electron chi connectivity index (χ2n) is 4.26. The van der Waals surface area contributed by atoms with Crippen molar-refractivity contribution in [3.05, 3.63) is 42.0 Å². The highest BCUT2D eigenvalue weighted by Gasteiger charge is 2.25. The van der Waals surface area contributed by atoms with Crippen molar-refractivity contribution >= 4 is 30.3 Å². The molecule has 1 aromatic rings. The summed E-state index contributed by atoms with van der Waals surface area (Å²) in [5.74, 6) is -0.684. The minimum absolute atomic E-state index is 0.420. The summed E-state index contributed by atoms with van der Waals surface area (Å²) in [6, 6.07) is 7.45. The number of aldehydes is 1.